The van der Waals surface area contributed by atoms with Crippen molar-refractivity contribution in [2.75, 3.05) is 6.61 Å². The number of hydrogen-bond acceptors (Lipinski definition) is 3. The van der Waals surface area contributed by atoms with E-state index in [9.17, 15) is 9.59 Å². The van der Waals surface area contributed by atoms with Crippen LogP contribution in [-0.4, -0.2) is 28.2 Å². The van der Waals surface area contributed by atoms with E-state index in [2.05, 4.69) is 0 Å². The number of aromatic carboxylic acids is 1. The van der Waals surface area contributed by atoms with Crippen molar-refractivity contribution < 1.29 is 19.4 Å². The Morgan fingerprint density at radius 3 is 2.47 bits per heavy atom. The van der Waals surface area contributed by atoms with Gasteiger partial charge in [-0.05, 0) is 25.8 Å². The van der Waals surface area contributed by atoms with Gasteiger partial charge in [0, 0.05) is 11.9 Å². The van der Waals surface area contributed by atoms with Gasteiger partial charge in [0.1, 0.15) is 6.54 Å². The van der Waals surface area contributed by atoms with Crippen LogP contribution in [-0.2, 0) is 22.5 Å². The van der Waals surface area contributed by atoms with Crippen LogP contribution < -0.4 is 0 Å². The third kappa shape index (κ3) is 2.87. The van der Waals surface area contributed by atoms with Crippen molar-refractivity contribution in [1.29, 1.82) is 0 Å². The summed E-state index contributed by atoms with van der Waals surface area (Å²) in [6, 6.07) is 0. The smallest absolute Gasteiger partial charge is 0.337 e. The fourth-order valence-corrected chi connectivity index (χ4v) is 1.80. The summed E-state index contributed by atoms with van der Waals surface area (Å²) < 4.78 is 6.46. The minimum Gasteiger partial charge on any atom is -0.478 e. The van der Waals surface area contributed by atoms with Gasteiger partial charge in [-0.1, -0.05) is 6.92 Å². The molecule has 5 heteroatoms. The predicted octanol–water partition coefficient (Wildman–Crippen LogP) is 1.62. The molecular formula is C12H17NO4. The van der Waals surface area contributed by atoms with Gasteiger partial charge in [-0.25, -0.2) is 4.79 Å². The highest BCUT2D eigenvalue weighted by Crippen LogP contribution is 2.17. The molecule has 0 amide bonds. The lowest BCUT2D eigenvalue weighted by atomic mass is 10.1. The third-order valence-corrected chi connectivity index (χ3v) is 2.62. The third-order valence-electron chi connectivity index (χ3n) is 2.62. The van der Waals surface area contributed by atoms with Crippen LogP contribution >= 0.6 is 0 Å². The second-order valence-electron chi connectivity index (χ2n) is 3.71. The molecule has 17 heavy (non-hydrogen) atoms. The van der Waals surface area contributed by atoms with Crippen LogP contribution in [0.4, 0.5) is 0 Å². The van der Waals surface area contributed by atoms with Crippen LogP contribution in [0.5, 0.6) is 0 Å². The van der Waals surface area contributed by atoms with Gasteiger partial charge in [0.15, 0.2) is 0 Å². The first kappa shape index (κ1) is 13.3. The van der Waals surface area contributed by atoms with Crippen molar-refractivity contribution >= 4 is 11.9 Å². The Bertz CT molecular complexity index is 434. The van der Waals surface area contributed by atoms with Crippen LogP contribution in [0.15, 0.2) is 6.20 Å². The van der Waals surface area contributed by atoms with E-state index in [-0.39, 0.29) is 18.1 Å². The molecule has 1 aromatic rings. The van der Waals surface area contributed by atoms with Gasteiger partial charge in [0.2, 0.25) is 0 Å². The van der Waals surface area contributed by atoms with Crippen LogP contribution in [0.2, 0.25) is 0 Å². The molecule has 0 bridgehead atoms. The fourth-order valence-electron chi connectivity index (χ4n) is 1.80. The predicted molar refractivity (Wildman–Crippen MR) is 62.1 cm³/mol. The number of nitrogens with zero attached hydrogens (tertiary/aromatic N) is 1. The standard InChI is InChI=1S/C12H17NO4/c1-4-9-6-13(7-10(14)17-5-2)8(3)11(9)12(15)16/h6H,4-5,7H2,1-3H3,(H,15,16). The van der Waals surface area contributed by atoms with Gasteiger partial charge >= 0.3 is 11.9 Å². The molecule has 0 unspecified atom stereocenters. The number of esters is 1. The van der Waals surface area contributed by atoms with Crippen molar-refractivity contribution in [3.8, 4) is 0 Å². The van der Waals surface area contributed by atoms with Gasteiger partial charge < -0.3 is 14.4 Å². The SMILES string of the molecule is CCOC(=O)Cn1cc(CC)c(C(=O)O)c1C. The Balaban J connectivity index is 3.02. The summed E-state index contributed by atoms with van der Waals surface area (Å²) in [6.07, 6.45) is 2.33. The van der Waals surface area contributed by atoms with E-state index in [1.807, 2.05) is 6.92 Å². The van der Waals surface area contributed by atoms with Crippen LogP contribution in [0.1, 0.15) is 35.5 Å². The number of aryl methyl sites for hydroxylation is 1. The molecule has 94 valence electrons. The molecule has 0 spiro atoms. The second-order valence-corrected chi connectivity index (χ2v) is 3.71. The summed E-state index contributed by atoms with van der Waals surface area (Å²) in [4.78, 5) is 22.4. The minimum absolute atomic E-state index is 0.0555. The maximum absolute atomic E-state index is 11.4. The first-order valence-corrected chi connectivity index (χ1v) is 5.58. The van der Waals surface area contributed by atoms with Gasteiger partial charge in [-0.15, -0.1) is 0 Å². The summed E-state index contributed by atoms with van der Waals surface area (Å²) in [5.41, 5.74) is 1.61. The minimum atomic E-state index is -0.957. The Labute approximate surface area is 100 Å². The van der Waals surface area contributed by atoms with Gasteiger partial charge in [0.25, 0.3) is 0 Å². The molecule has 1 N–H and O–H groups in total. The summed E-state index contributed by atoms with van der Waals surface area (Å²) >= 11 is 0. The molecule has 0 aliphatic rings. The summed E-state index contributed by atoms with van der Waals surface area (Å²) in [5, 5.41) is 9.10. The molecule has 1 heterocycles. The number of ether oxygens (including phenoxy) is 1. The Morgan fingerprint density at radius 2 is 2.06 bits per heavy atom. The number of hydrogen-bond donors (Lipinski definition) is 1. The van der Waals surface area contributed by atoms with E-state index in [4.69, 9.17) is 9.84 Å². The molecule has 0 aliphatic heterocycles. The number of carbonyl (C=O) groups is 2. The molecule has 0 saturated carbocycles. The summed E-state index contributed by atoms with van der Waals surface area (Å²) in [5.74, 6) is -1.31. The fraction of sp³-hybridized carbons (Fsp3) is 0.500. The lowest BCUT2D eigenvalue weighted by Crippen LogP contribution is -2.14. The Morgan fingerprint density at radius 1 is 1.41 bits per heavy atom. The molecule has 0 atom stereocenters. The van der Waals surface area contributed by atoms with Gasteiger partial charge in [-0.3, -0.25) is 4.79 Å². The highest BCUT2D eigenvalue weighted by Gasteiger charge is 2.18. The van der Waals surface area contributed by atoms with Crippen molar-refractivity contribution in [2.24, 2.45) is 0 Å². The highest BCUT2D eigenvalue weighted by atomic mass is 16.5. The molecule has 0 aliphatic carbocycles. The van der Waals surface area contributed by atoms with Crippen LogP contribution in [0, 0.1) is 6.92 Å². The molecule has 1 rings (SSSR count). The van der Waals surface area contributed by atoms with Gasteiger partial charge in [-0.2, -0.15) is 0 Å². The quantitative estimate of drug-likeness (QED) is 0.793. The largest absolute Gasteiger partial charge is 0.478 e. The maximum atomic E-state index is 11.4. The number of rotatable bonds is 5. The molecular weight excluding hydrogens is 222 g/mol. The average molecular weight is 239 g/mol. The summed E-state index contributed by atoms with van der Waals surface area (Å²) in [6.45, 7) is 5.70. The van der Waals surface area contributed by atoms with Crippen molar-refractivity contribution in [2.45, 2.75) is 33.7 Å². The second kappa shape index (κ2) is 5.52. The molecule has 0 fully saturated rings. The molecule has 5 nitrogen and oxygen atoms in total. The zero-order valence-corrected chi connectivity index (χ0v) is 10.3. The zero-order chi connectivity index (χ0) is 13.0. The molecule has 0 aromatic carbocycles. The zero-order valence-electron chi connectivity index (χ0n) is 10.3. The number of aromatic nitrogens is 1. The Hall–Kier alpha value is -1.78. The van der Waals surface area contributed by atoms with E-state index < -0.39 is 5.97 Å². The van der Waals surface area contributed by atoms with Crippen LogP contribution in [0.3, 0.4) is 0 Å². The van der Waals surface area contributed by atoms with Gasteiger partial charge in [0.05, 0.1) is 12.2 Å². The molecule has 0 radical (unpaired) electrons. The van der Waals surface area contributed by atoms with Crippen molar-refractivity contribution in [3.63, 3.8) is 0 Å². The van der Waals surface area contributed by atoms with E-state index in [1.54, 1.807) is 24.6 Å². The number of carboxylic acid groups (broad SMARTS) is 1. The number of carbonyl (C=O) groups excluding carboxylic acids is 1. The average Bonchev–Trinajstić information content (AvgIpc) is 2.56. The van der Waals surface area contributed by atoms with Crippen molar-refractivity contribution in [1.82, 2.24) is 4.57 Å². The Kier molecular flexibility index (Phi) is 4.31. The first-order chi connectivity index (χ1) is 8.01. The number of carboxylic acids is 1. The van der Waals surface area contributed by atoms with E-state index in [1.165, 1.54) is 0 Å². The molecule has 1 aromatic heterocycles. The normalized spacial score (nSPS) is 10.3. The lowest BCUT2D eigenvalue weighted by Gasteiger charge is -2.05. The van der Waals surface area contributed by atoms with Crippen LogP contribution in [0.25, 0.3) is 0 Å². The molecule has 0 saturated heterocycles. The van der Waals surface area contributed by atoms with E-state index in [0.29, 0.717) is 18.7 Å². The van der Waals surface area contributed by atoms with E-state index in [0.717, 1.165) is 5.56 Å². The lowest BCUT2D eigenvalue weighted by molar-refractivity contribution is -0.143. The monoisotopic (exact) mass is 239 g/mol. The summed E-state index contributed by atoms with van der Waals surface area (Å²) in [7, 11) is 0. The maximum Gasteiger partial charge on any atom is 0.337 e. The van der Waals surface area contributed by atoms with Crippen molar-refractivity contribution in [3.05, 3.63) is 23.0 Å². The topological polar surface area (TPSA) is 68.5 Å². The van der Waals surface area contributed by atoms with E-state index >= 15 is 0 Å². The highest BCUT2D eigenvalue weighted by molar-refractivity contribution is 5.91. The first-order valence-electron chi connectivity index (χ1n) is 5.58.